The van der Waals surface area contributed by atoms with Gasteiger partial charge in [-0.2, -0.15) is 0 Å². The molecule has 20 heavy (non-hydrogen) atoms. The van der Waals surface area contributed by atoms with Gasteiger partial charge in [0.2, 0.25) is 0 Å². The summed E-state index contributed by atoms with van der Waals surface area (Å²) in [5.74, 6) is 2.70. The number of nitrogens with one attached hydrogen (secondary N) is 1. The highest BCUT2D eigenvalue weighted by molar-refractivity contribution is 5.43. The number of pyridine rings is 1. The van der Waals surface area contributed by atoms with Gasteiger partial charge in [-0.3, -0.25) is 0 Å². The van der Waals surface area contributed by atoms with E-state index in [0.717, 1.165) is 49.5 Å². The van der Waals surface area contributed by atoms with Crippen molar-refractivity contribution in [1.82, 2.24) is 10.3 Å². The molecule has 0 bridgehead atoms. The molecule has 1 aliphatic heterocycles. The van der Waals surface area contributed by atoms with E-state index in [-0.39, 0.29) is 0 Å². The highest BCUT2D eigenvalue weighted by atomic mass is 15.2. The average molecular weight is 275 g/mol. The van der Waals surface area contributed by atoms with Crippen LogP contribution in [0.1, 0.15) is 44.9 Å². The molecule has 0 spiro atoms. The van der Waals surface area contributed by atoms with Gasteiger partial charge in [0, 0.05) is 25.3 Å². The van der Waals surface area contributed by atoms with Crippen molar-refractivity contribution < 1.29 is 0 Å². The van der Waals surface area contributed by atoms with E-state index in [1.807, 2.05) is 0 Å². The van der Waals surface area contributed by atoms with Crippen LogP contribution in [0.5, 0.6) is 0 Å². The van der Waals surface area contributed by atoms with Gasteiger partial charge in [0.15, 0.2) is 0 Å². The smallest absolute Gasteiger partial charge is 0.129 e. The van der Waals surface area contributed by atoms with Crippen LogP contribution in [-0.2, 0) is 6.54 Å². The summed E-state index contributed by atoms with van der Waals surface area (Å²) in [4.78, 5) is 7.22. The van der Waals surface area contributed by atoms with Crippen LogP contribution < -0.4 is 10.2 Å². The minimum atomic E-state index is 0.766. The normalized spacial score (nSPS) is 23.1. The molecule has 2 unspecified atom stereocenters. The maximum Gasteiger partial charge on any atom is 0.129 e. The molecule has 3 nitrogen and oxygen atoms in total. The lowest BCUT2D eigenvalue weighted by molar-refractivity contribution is 0.355. The van der Waals surface area contributed by atoms with E-state index in [4.69, 9.17) is 4.98 Å². The van der Waals surface area contributed by atoms with Crippen LogP contribution in [0.25, 0.3) is 0 Å². The van der Waals surface area contributed by atoms with Crippen molar-refractivity contribution in [1.29, 1.82) is 0 Å². The standard InChI is InChI=1S/C17H29N3/c1-5-6-18-10-16-8-15(4)19-17(9-16)20-11-13(2)7-14(3)12-20/h8-9,13-14,18H,5-7,10-12H2,1-4H3. The van der Waals surface area contributed by atoms with Crippen LogP contribution in [0.4, 0.5) is 5.82 Å². The lowest BCUT2D eigenvalue weighted by Gasteiger charge is -2.36. The number of piperidine rings is 1. The summed E-state index contributed by atoms with van der Waals surface area (Å²) >= 11 is 0. The first kappa shape index (κ1) is 15.3. The summed E-state index contributed by atoms with van der Waals surface area (Å²) in [6, 6.07) is 4.46. The molecule has 1 saturated heterocycles. The van der Waals surface area contributed by atoms with Gasteiger partial charge in [0.05, 0.1) is 0 Å². The van der Waals surface area contributed by atoms with Crippen molar-refractivity contribution in [3.05, 3.63) is 23.4 Å². The molecule has 1 aromatic rings. The number of aryl methyl sites for hydroxylation is 1. The molecule has 0 radical (unpaired) electrons. The van der Waals surface area contributed by atoms with Crippen LogP contribution in [0.15, 0.2) is 12.1 Å². The number of hydrogen-bond donors (Lipinski definition) is 1. The maximum absolute atomic E-state index is 4.75. The fourth-order valence-electron chi connectivity index (χ4n) is 3.24. The van der Waals surface area contributed by atoms with Gasteiger partial charge >= 0.3 is 0 Å². The Morgan fingerprint density at radius 2 is 1.95 bits per heavy atom. The second kappa shape index (κ2) is 7.07. The Bertz CT molecular complexity index is 420. The van der Waals surface area contributed by atoms with Crippen LogP contribution in [0.3, 0.4) is 0 Å². The minimum Gasteiger partial charge on any atom is -0.356 e. The highest BCUT2D eigenvalue weighted by Crippen LogP contribution is 2.25. The first-order valence-corrected chi connectivity index (χ1v) is 8.01. The van der Waals surface area contributed by atoms with E-state index in [9.17, 15) is 0 Å². The molecule has 0 saturated carbocycles. The Hall–Kier alpha value is -1.09. The Labute approximate surface area is 123 Å². The quantitative estimate of drug-likeness (QED) is 0.835. The summed E-state index contributed by atoms with van der Waals surface area (Å²) in [5.41, 5.74) is 2.48. The second-order valence-corrected chi connectivity index (χ2v) is 6.50. The topological polar surface area (TPSA) is 28.2 Å². The Balaban J connectivity index is 2.10. The van der Waals surface area contributed by atoms with Gasteiger partial charge < -0.3 is 10.2 Å². The molecule has 1 fully saturated rings. The van der Waals surface area contributed by atoms with E-state index in [2.05, 4.69) is 50.0 Å². The zero-order valence-electron chi connectivity index (χ0n) is 13.4. The van der Waals surface area contributed by atoms with Crippen LogP contribution in [-0.4, -0.2) is 24.6 Å². The van der Waals surface area contributed by atoms with Crippen molar-refractivity contribution in [3.63, 3.8) is 0 Å². The monoisotopic (exact) mass is 275 g/mol. The van der Waals surface area contributed by atoms with Crippen molar-refractivity contribution in [3.8, 4) is 0 Å². The molecule has 2 rings (SSSR count). The zero-order valence-corrected chi connectivity index (χ0v) is 13.4. The number of hydrogen-bond acceptors (Lipinski definition) is 3. The van der Waals surface area contributed by atoms with Gasteiger partial charge in [0.25, 0.3) is 0 Å². The van der Waals surface area contributed by atoms with E-state index in [0.29, 0.717) is 0 Å². The number of aromatic nitrogens is 1. The van der Waals surface area contributed by atoms with Crippen LogP contribution in [0.2, 0.25) is 0 Å². The maximum atomic E-state index is 4.75. The summed E-state index contributed by atoms with van der Waals surface area (Å²) < 4.78 is 0. The Morgan fingerprint density at radius 3 is 2.60 bits per heavy atom. The third-order valence-corrected chi connectivity index (χ3v) is 3.95. The molecular formula is C17H29N3. The summed E-state index contributed by atoms with van der Waals surface area (Å²) in [5, 5.41) is 3.48. The Morgan fingerprint density at radius 1 is 1.25 bits per heavy atom. The van der Waals surface area contributed by atoms with Crippen molar-refractivity contribution in [2.75, 3.05) is 24.5 Å². The fourth-order valence-corrected chi connectivity index (χ4v) is 3.24. The average Bonchev–Trinajstić information content (AvgIpc) is 2.37. The molecule has 1 aromatic heterocycles. The van der Waals surface area contributed by atoms with Crippen LogP contribution in [0, 0.1) is 18.8 Å². The number of anilines is 1. The third kappa shape index (κ3) is 4.20. The largest absolute Gasteiger partial charge is 0.356 e. The molecule has 1 N–H and O–H groups in total. The molecule has 0 aliphatic carbocycles. The highest BCUT2D eigenvalue weighted by Gasteiger charge is 2.23. The zero-order chi connectivity index (χ0) is 14.5. The lowest BCUT2D eigenvalue weighted by Crippen LogP contribution is -2.39. The van der Waals surface area contributed by atoms with Crippen molar-refractivity contribution in [2.45, 2.75) is 47.1 Å². The number of nitrogens with zero attached hydrogens (tertiary/aromatic N) is 2. The van der Waals surface area contributed by atoms with Gasteiger partial charge in [-0.15, -0.1) is 0 Å². The van der Waals surface area contributed by atoms with Gasteiger partial charge in [-0.25, -0.2) is 4.98 Å². The van der Waals surface area contributed by atoms with E-state index in [1.54, 1.807) is 0 Å². The second-order valence-electron chi connectivity index (χ2n) is 6.50. The minimum absolute atomic E-state index is 0.766. The Kier molecular flexibility index (Phi) is 5.41. The molecule has 2 heterocycles. The molecular weight excluding hydrogens is 246 g/mol. The molecule has 0 amide bonds. The fraction of sp³-hybridized carbons (Fsp3) is 0.706. The SMILES string of the molecule is CCCNCc1cc(C)nc(N2CC(C)CC(C)C2)c1. The third-order valence-electron chi connectivity index (χ3n) is 3.95. The summed E-state index contributed by atoms with van der Waals surface area (Å²) in [6.07, 6.45) is 2.52. The first-order valence-electron chi connectivity index (χ1n) is 8.01. The van der Waals surface area contributed by atoms with Crippen LogP contribution >= 0.6 is 0 Å². The molecule has 3 heteroatoms. The van der Waals surface area contributed by atoms with Gasteiger partial charge in [0.1, 0.15) is 5.82 Å². The van der Waals surface area contributed by atoms with E-state index < -0.39 is 0 Å². The molecule has 0 aromatic carbocycles. The van der Waals surface area contributed by atoms with Crippen molar-refractivity contribution in [2.24, 2.45) is 11.8 Å². The van der Waals surface area contributed by atoms with E-state index >= 15 is 0 Å². The molecule has 2 atom stereocenters. The number of rotatable bonds is 5. The summed E-state index contributed by atoms with van der Waals surface area (Å²) in [7, 11) is 0. The molecule has 112 valence electrons. The van der Waals surface area contributed by atoms with E-state index in [1.165, 1.54) is 18.4 Å². The first-order chi connectivity index (χ1) is 9.58. The van der Waals surface area contributed by atoms with Crippen molar-refractivity contribution >= 4 is 5.82 Å². The predicted octanol–water partition coefficient (Wildman–Crippen LogP) is 3.37. The molecule has 1 aliphatic rings. The lowest BCUT2D eigenvalue weighted by atomic mass is 9.92. The van der Waals surface area contributed by atoms with Gasteiger partial charge in [-0.1, -0.05) is 20.8 Å². The summed E-state index contributed by atoms with van der Waals surface area (Å²) in [6.45, 7) is 13.3. The van der Waals surface area contributed by atoms with Gasteiger partial charge in [-0.05, 0) is 55.8 Å². The predicted molar refractivity (Wildman–Crippen MR) is 86.1 cm³/mol.